The minimum Gasteiger partial charge on any atom is -0.478 e. The Morgan fingerprint density at radius 1 is 1.29 bits per heavy atom. The average Bonchev–Trinajstić information content (AvgIpc) is 2.91. The molecule has 2 rings (SSSR count). The number of aromatic carboxylic acids is 1. The number of carbonyl (C=O) groups is 2. The van der Waals surface area contributed by atoms with Gasteiger partial charge in [-0.15, -0.1) is 0 Å². The van der Waals surface area contributed by atoms with E-state index in [9.17, 15) is 9.59 Å². The van der Waals surface area contributed by atoms with Crippen molar-refractivity contribution in [3.63, 3.8) is 0 Å². The topological polar surface area (TPSA) is 91.6 Å². The largest absolute Gasteiger partial charge is 0.478 e. The Morgan fingerprint density at radius 3 is 2.76 bits per heavy atom. The number of rotatable bonds is 5. The van der Waals surface area contributed by atoms with Crippen molar-refractivity contribution in [2.24, 2.45) is 0 Å². The summed E-state index contributed by atoms with van der Waals surface area (Å²) in [7, 11) is 0. The number of urea groups is 1. The van der Waals surface area contributed by atoms with Crippen LogP contribution in [0.4, 0.5) is 10.5 Å². The molecule has 0 fully saturated rings. The van der Waals surface area contributed by atoms with Crippen molar-refractivity contribution in [2.75, 3.05) is 5.32 Å². The van der Waals surface area contributed by atoms with Crippen molar-refractivity contribution in [3.05, 3.63) is 54.0 Å². The van der Waals surface area contributed by atoms with Crippen molar-refractivity contribution < 1.29 is 19.1 Å². The summed E-state index contributed by atoms with van der Waals surface area (Å²) in [5, 5.41) is 14.3. The Hall–Kier alpha value is -2.76. The Bertz CT molecular complexity index is 622. The number of hydrogen-bond acceptors (Lipinski definition) is 3. The SMILES string of the molecule is CC(Cc1ccco1)NC(=O)Nc1cccc(C(=O)O)c1. The summed E-state index contributed by atoms with van der Waals surface area (Å²) in [5.41, 5.74) is 0.550. The van der Waals surface area contributed by atoms with Crippen LogP contribution in [0.5, 0.6) is 0 Å². The molecule has 110 valence electrons. The summed E-state index contributed by atoms with van der Waals surface area (Å²) >= 11 is 0. The lowest BCUT2D eigenvalue weighted by Crippen LogP contribution is -2.37. The monoisotopic (exact) mass is 288 g/mol. The minimum atomic E-state index is -1.04. The zero-order chi connectivity index (χ0) is 15.2. The van der Waals surface area contributed by atoms with Crippen molar-refractivity contribution in [3.8, 4) is 0 Å². The van der Waals surface area contributed by atoms with Gasteiger partial charge in [0.2, 0.25) is 0 Å². The average molecular weight is 288 g/mol. The molecule has 3 N–H and O–H groups in total. The Labute approximate surface area is 121 Å². The number of benzene rings is 1. The molecular formula is C15H16N2O4. The van der Waals surface area contributed by atoms with Gasteiger partial charge < -0.3 is 20.2 Å². The standard InChI is InChI=1S/C15H16N2O4/c1-10(8-13-6-3-7-21-13)16-15(20)17-12-5-2-4-11(9-12)14(18)19/h2-7,9-10H,8H2,1H3,(H,18,19)(H2,16,17,20). The van der Waals surface area contributed by atoms with Crippen LogP contribution in [-0.2, 0) is 6.42 Å². The third kappa shape index (κ3) is 4.38. The van der Waals surface area contributed by atoms with E-state index in [4.69, 9.17) is 9.52 Å². The number of anilines is 1. The van der Waals surface area contributed by atoms with Crippen molar-refractivity contribution in [1.29, 1.82) is 0 Å². The molecule has 0 aliphatic rings. The molecule has 0 radical (unpaired) electrons. The second kappa shape index (κ2) is 6.60. The summed E-state index contributed by atoms with van der Waals surface area (Å²) in [5.74, 6) is -0.249. The van der Waals surface area contributed by atoms with E-state index in [2.05, 4.69) is 10.6 Å². The van der Waals surface area contributed by atoms with Gasteiger partial charge in [-0.2, -0.15) is 0 Å². The molecule has 0 spiro atoms. The highest BCUT2D eigenvalue weighted by molar-refractivity contribution is 5.93. The first-order chi connectivity index (χ1) is 10.0. The van der Waals surface area contributed by atoms with E-state index < -0.39 is 12.0 Å². The van der Waals surface area contributed by atoms with E-state index in [1.807, 2.05) is 13.0 Å². The molecule has 1 aromatic carbocycles. The molecule has 1 atom stereocenters. The molecule has 0 saturated heterocycles. The van der Waals surface area contributed by atoms with Crippen molar-refractivity contribution in [1.82, 2.24) is 5.32 Å². The normalized spacial score (nSPS) is 11.7. The first-order valence-electron chi connectivity index (χ1n) is 6.48. The van der Waals surface area contributed by atoms with Crippen LogP contribution >= 0.6 is 0 Å². The fourth-order valence-electron chi connectivity index (χ4n) is 1.90. The van der Waals surface area contributed by atoms with Crippen LogP contribution in [0.1, 0.15) is 23.0 Å². The maximum Gasteiger partial charge on any atom is 0.335 e. The second-order valence-corrected chi connectivity index (χ2v) is 4.67. The van der Waals surface area contributed by atoms with Crippen LogP contribution in [0.25, 0.3) is 0 Å². The fourth-order valence-corrected chi connectivity index (χ4v) is 1.90. The van der Waals surface area contributed by atoms with Crippen molar-refractivity contribution in [2.45, 2.75) is 19.4 Å². The van der Waals surface area contributed by atoms with Gasteiger partial charge >= 0.3 is 12.0 Å². The molecule has 1 unspecified atom stereocenters. The number of hydrogen-bond donors (Lipinski definition) is 3. The molecule has 6 nitrogen and oxygen atoms in total. The minimum absolute atomic E-state index is 0.112. The van der Waals surface area contributed by atoms with Crippen LogP contribution in [0.3, 0.4) is 0 Å². The van der Waals surface area contributed by atoms with Gasteiger partial charge in [-0.1, -0.05) is 6.07 Å². The van der Waals surface area contributed by atoms with E-state index >= 15 is 0 Å². The third-order valence-electron chi connectivity index (χ3n) is 2.83. The Kier molecular flexibility index (Phi) is 4.61. The maximum absolute atomic E-state index is 11.8. The predicted molar refractivity (Wildman–Crippen MR) is 77.4 cm³/mol. The van der Waals surface area contributed by atoms with Gasteiger partial charge in [-0.05, 0) is 37.3 Å². The lowest BCUT2D eigenvalue weighted by atomic mass is 10.2. The van der Waals surface area contributed by atoms with Crippen molar-refractivity contribution >= 4 is 17.7 Å². The van der Waals surface area contributed by atoms with Crippen LogP contribution in [0.2, 0.25) is 0 Å². The Morgan fingerprint density at radius 2 is 2.10 bits per heavy atom. The molecular weight excluding hydrogens is 272 g/mol. The van der Waals surface area contributed by atoms with Crippen LogP contribution in [0, 0.1) is 0 Å². The summed E-state index contributed by atoms with van der Waals surface area (Å²) in [4.78, 5) is 22.7. The van der Waals surface area contributed by atoms with Gasteiger partial charge in [0.15, 0.2) is 0 Å². The Balaban J connectivity index is 1.89. The van der Waals surface area contributed by atoms with Crippen LogP contribution in [0.15, 0.2) is 47.1 Å². The second-order valence-electron chi connectivity index (χ2n) is 4.67. The smallest absolute Gasteiger partial charge is 0.335 e. The predicted octanol–water partition coefficient (Wildman–Crippen LogP) is 2.73. The van der Waals surface area contributed by atoms with E-state index in [0.717, 1.165) is 5.76 Å². The first-order valence-corrected chi connectivity index (χ1v) is 6.48. The van der Waals surface area contributed by atoms with E-state index in [-0.39, 0.29) is 11.6 Å². The highest BCUT2D eigenvalue weighted by Crippen LogP contribution is 2.11. The first kappa shape index (κ1) is 14.6. The highest BCUT2D eigenvalue weighted by Gasteiger charge is 2.10. The number of nitrogens with one attached hydrogen (secondary N) is 2. The summed E-state index contributed by atoms with van der Waals surface area (Å²) < 4.78 is 5.21. The summed E-state index contributed by atoms with van der Waals surface area (Å²) in [6.45, 7) is 1.86. The summed E-state index contributed by atoms with van der Waals surface area (Å²) in [6, 6.07) is 9.19. The summed E-state index contributed by atoms with van der Waals surface area (Å²) in [6.07, 6.45) is 2.16. The van der Waals surface area contributed by atoms with E-state index in [0.29, 0.717) is 12.1 Å². The van der Waals surface area contributed by atoms with Gasteiger partial charge in [0.1, 0.15) is 5.76 Å². The van der Waals surface area contributed by atoms with E-state index in [1.54, 1.807) is 24.5 Å². The molecule has 0 aliphatic heterocycles. The number of amides is 2. The lowest BCUT2D eigenvalue weighted by Gasteiger charge is -2.13. The number of carboxylic acid groups (broad SMARTS) is 1. The molecule has 2 aromatic rings. The van der Waals surface area contributed by atoms with Gasteiger partial charge in [0.25, 0.3) is 0 Å². The number of carbonyl (C=O) groups excluding carboxylic acids is 1. The lowest BCUT2D eigenvalue weighted by molar-refractivity contribution is 0.0697. The molecule has 0 aliphatic carbocycles. The van der Waals surface area contributed by atoms with Gasteiger partial charge in [-0.25, -0.2) is 9.59 Å². The molecule has 0 bridgehead atoms. The van der Waals surface area contributed by atoms with Gasteiger partial charge in [-0.3, -0.25) is 0 Å². The molecule has 0 saturated carbocycles. The zero-order valence-corrected chi connectivity index (χ0v) is 11.5. The molecule has 1 aromatic heterocycles. The maximum atomic E-state index is 11.8. The van der Waals surface area contributed by atoms with E-state index in [1.165, 1.54) is 12.1 Å². The van der Waals surface area contributed by atoms with Gasteiger partial charge in [0, 0.05) is 18.2 Å². The molecule has 2 amide bonds. The quantitative estimate of drug-likeness (QED) is 0.788. The molecule has 1 heterocycles. The zero-order valence-electron chi connectivity index (χ0n) is 11.5. The number of carboxylic acids is 1. The third-order valence-corrected chi connectivity index (χ3v) is 2.83. The number of furan rings is 1. The molecule has 6 heteroatoms. The van der Waals surface area contributed by atoms with Crippen LogP contribution in [-0.4, -0.2) is 23.1 Å². The van der Waals surface area contributed by atoms with Gasteiger partial charge in [0.05, 0.1) is 11.8 Å². The van der Waals surface area contributed by atoms with Crippen LogP contribution < -0.4 is 10.6 Å². The highest BCUT2D eigenvalue weighted by atomic mass is 16.4. The fraction of sp³-hybridized carbons (Fsp3) is 0.200. The molecule has 21 heavy (non-hydrogen) atoms.